The number of carbonyl (C=O) groups is 1. The van der Waals surface area contributed by atoms with Gasteiger partial charge in [-0.05, 0) is 43.6 Å². The van der Waals surface area contributed by atoms with Crippen molar-refractivity contribution >= 4 is 41.0 Å². The maximum absolute atomic E-state index is 12.7. The fourth-order valence-corrected chi connectivity index (χ4v) is 6.63. The van der Waals surface area contributed by atoms with Crippen LogP contribution < -0.4 is 9.80 Å². The Balaban J connectivity index is 1.35. The van der Waals surface area contributed by atoms with Gasteiger partial charge in [-0.2, -0.15) is 0 Å². The van der Waals surface area contributed by atoms with Crippen LogP contribution in [0.3, 0.4) is 0 Å². The molecule has 2 atom stereocenters. The van der Waals surface area contributed by atoms with E-state index in [1.54, 1.807) is 12.4 Å². The molecule has 3 fully saturated rings. The van der Waals surface area contributed by atoms with E-state index in [0.717, 1.165) is 63.2 Å². The van der Waals surface area contributed by atoms with E-state index in [4.69, 9.17) is 21.1 Å². The maximum atomic E-state index is 12.7. The SMILES string of the molecule is C=C[C@H]1CC2(CCN(c3ncc(Sc4ccnc(N5CCCC5CO)c4Cl)nc3C(=O)OC)CC2)CO1. The zero-order valence-electron chi connectivity index (χ0n) is 20.9. The minimum atomic E-state index is -0.523. The van der Waals surface area contributed by atoms with Crippen LogP contribution in [0.4, 0.5) is 11.6 Å². The summed E-state index contributed by atoms with van der Waals surface area (Å²) >= 11 is 8.08. The Hall–Kier alpha value is -2.40. The lowest BCUT2D eigenvalue weighted by Gasteiger charge is -2.39. The summed E-state index contributed by atoms with van der Waals surface area (Å²) in [6, 6.07) is 1.83. The van der Waals surface area contributed by atoms with Crippen molar-refractivity contribution in [1.29, 1.82) is 0 Å². The molecule has 37 heavy (non-hydrogen) atoms. The normalized spacial score (nSPS) is 23.0. The number of aliphatic hydroxyl groups is 1. The molecule has 2 aromatic heterocycles. The minimum Gasteiger partial charge on any atom is -0.464 e. The molecular formula is C26H32ClN5O4S. The van der Waals surface area contributed by atoms with Gasteiger partial charge < -0.3 is 24.4 Å². The van der Waals surface area contributed by atoms with Gasteiger partial charge in [0.1, 0.15) is 10.8 Å². The number of piperidine rings is 1. The number of esters is 1. The quantitative estimate of drug-likeness (QED) is 0.406. The number of halogens is 1. The Morgan fingerprint density at radius 2 is 2.16 bits per heavy atom. The highest BCUT2D eigenvalue weighted by Crippen LogP contribution is 2.43. The van der Waals surface area contributed by atoms with Crippen molar-refractivity contribution in [3.8, 4) is 0 Å². The van der Waals surface area contributed by atoms with Crippen LogP contribution in [0.25, 0.3) is 0 Å². The van der Waals surface area contributed by atoms with Gasteiger partial charge in [0.2, 0.25) is 0 Å². The van der Waals surface area contributed by atoms with Crippen LogP contribution >= 0.6 is 23.4 Å². The zero-order chi connectivity index (χ0) is 26.0. The van der Waals surface area contributed by atoms with Crippen molar-refractivity contribution in [3.05, 3.63) is 41.8 Å². The molecule has 0 radical (unpaired) electrons. The van der Waals surface area contributed by atoms with Crippen molar-refractivity contribution < 1.29 is 19.4 Å². The predicted molar refractivity (Wildman–Crippen MR) is 143 cm³/mol. The number of anilines is 2. The molecule has 0 bridgehead atoms. The van der Waals surface area contributed by atoms with Crippen LogP contribution in [-0.2, 0) is 9.47 Å². The molecule has 3 saturated heterocycles. The molecule has 1 spiro atoms. The predicted octanol–water partition coefficient (Wildman–Crippen LogP) is 3.99. The van der Waals surface area contributed by atoms with E-state index in [-0.39, 0.29) is 29.9 Å². The number of carbonyl (C=O) groups excluding carboxylic acids is 1. The number of rotatable bonds is 7. The van der Waals surface area contributed by atoms with Crippen LogP contribution in [0.15, 0.2) is 41.0 Å². The lowest BCUT2D eigenvalue weighted by Crippen LogP contribution is -2.41. The van der Waals surface area contributed by atoms with Crippen molar-refractivity contribution in [1.82, 2.24) is 15.0 Å². The highest BCUT2D eigenvalue weighted by atomic mass is 35.5. The second-order valence-electron chi connectivity index (χ2n) is 9.87. The van der Waals surface area contributed by atoms with Gasteiger partial charge in [0, 0.05) is 30.7 Å². The summed E-state index contributed by atoms with van der Waals surface area (Å²) in [6.07, 6.45) is 10.2. The van der Waals surface area contributed by atoms with E-state index in [2.05, 4.69) is 31.3 Å². The molecule has 0 aliphatic carbocycles. The van der Waals surface area contributed by atoms with Gasteiger partial charge in [0.05, 0.1) is 43.7 Å². The molecule has 1 unspecified atom stereocenters. The van der Waals surface area contributed by atoms with Crippen molar-refractivity contribution in [2.75, 3.05) is 49.8 Å². The maximum Gasteiger partial charge on any atom is 0.360 e. The number of pyridine rings is 1. The molecule has 2 aromatic rings. The largest absolute Gasteiger partial charge is 0.464 e. The van der Waals surface area contributed by atoms with Crippen LogP contribution in [0.5, 0.6) is 0 Å². The standard InChI is InChI=1S/C26H32ClN5O4S/c1-3-18-13-26(16-36-18)7-11-31(12-8-26)24-22(25(34)35-2)30-20(14-29-24)37-19-6-9-28-23(21(19)27)32-10-4-5-17(32)15-33/h3,6,9,14,17-18,33H,1,4-5,7-8,10-13,15-16H2,2H3/t17?,18-/m0/s1. The molecule has 3 aliphatic heterocycles. The van der Waals surface area contributed by atoms with Crippen LogP contribution in [0, 0.1) is 5.41 Å². The van der Waals surface area contributed by atoms with Gasteiger partial charge in [0.15, 0.2) is 11.5 Å². The summed E-state index contributed by atoms with van der Waals surface area (Å²) in [7, 11) is 1.35. The number of nitrogens with zero attached hydrogens (tertiary/aromatic N) is 5. The topological polar surface area (TPSA) is 101 Å². The Labute approximate surface area is 226 Å². The second kappa shape index (κ2) is 11.1. The molecule has 3 aliphatic rings. The summed E-state index contributed by atoms with van der Waals surface area (Å²) < 4.78 is 10.9. The first-order chi connectivity index (χ1) is 18.0. The van der Waals surface area contributed by atoms with E-state index in [9.17, 15) is 9.90 Å². The Kier molecular flexibility index (Phi) is 7.90. The molecule has 11 heteroatoms. The number of ether oxygens (including phenoxy) is 2. The first-order valence-corrected chi connectivity index (χ1v) is 13.8. The van der Waals surface area contributed by atoms with E-state index < -0.39 is 5.97 Å². The third-order valence-electron chi connectivity index (χ3n) is 7.64. The average Bonchev–Trinajstić information content (AvgIpc) is 3.57. The van der Waals surface area contributed by atoms with Crippen molar-refractivity contribution in [2.45, 2.75) is 54.2 Å². The molecule has 1 N–H and O–H groups in total. The Morgan fingerprint density at radius 1 is 1.35 bits per heavy atom. The average molecular weight is 546 g/mol. The third-order valence-corrected chi connectivity index (χ3v) is 9.09. The highest BCUT2D eigenvalue weighted by molar-refractivity contribution is 7.99. The fourth-order valence-electron chi connectivity index (χ4n) is 5.51. The third kappa shape index (κ3) is 5.30. The van der Waals surface area contributed by atoms with Crippen LogP contribution in [0.2, 0.25) is 5.02 Å². The Bertz CT molecular complexity index is 1160. The van der Waals surface area contributed by atoms with E-state index in [1.165, 1.54) is 18.9 Å². The molecule has 0 aromatic carbocycles. The Morgan fingerprint density at radius 3 is 2.86 bits per heavy atom. The summed E-state index contributed by atoms with van der Waals surface area (Å²) in [4.78, 5) is 31.4. The van der Waals surface area contributed by atoms with Gasteiger partial charge in [-0.25, -0.2) is 19.7 Å². The first kappa shape index (κ1) is 26.2. The van der Waals surface area contributed by atoms with E-state index in [1.807, 2.05) is 12.1 Å². The highest BCUT2D eigenvalue weighted by Gasteiger charge is 2.42. The molecular weight excluding hydrogens is 514 g/mol. The summed E-state index contributed by atoms with van der Waals surface area (Å²) in [6.45, 7) is 7.00. The molecule has 0 saturated carbocycles. The molecule has 9 nitrogen and oxygen atoms in total. The molecule has 5 heterocycles. The van der Waals surface area contributed by atoms with Gasteiger partial charge in [-0.15, -0.1) is 6.58 Å². The number of methoxy groups -OCH3 is 1. The first-order valence-electron chi connectivity index (χ1n) is 12.6. The fraction of sp³-hybridized carbons (Fsp3) is 0.538. The van der Waals surface area contributed by atoms with Gasteiger partial charge in [-0.3, -0.25) is 0 Å². The van der Waals surface area contributed by atoms with Crippen LogP contribution in [0.1, 0.15) is 42.6 Å². The monoisotopic (exact) mass is 545 g/mol. The van der Waals surface area contributed by atoms with Crippen molar-refractivity contribution in [2.24, 2.45) is 5.41 Å². The van der Waals surface area contributed by atoms with Gasteiger partial charge >= 0.3 is 5.97 Å². The summed E-state index contributed by atoms with van der Waals surface area (Å²) in [5.74, 6) is 0.665. The number of aromatic nitrogens is 3. The van der Waals surface area contributed by atoms with Crippen LogP contribution in [-0.4, -0.2) is 78.1 Å². The second-order valence-corrected chi connectivity index (χ2v) is 11.3. The van der Waals surface area contributed by atoms with Crippen molar-refractivity contribution in [3.63, 3.8) is 0 Å². The zero-order valence-corrected chi connectivity index (χ0v) is 22.5. The number of hydrogen-bond acceptors (Lipinski definition) is 10. The molecule has 0 amide bonds. The summed E-state index contributed by atoms with van der Waals surface area (Å²) in [5, 5.41) is 10.8. The van der Waals surface area contributed by atoms with E-state index >= 15 is 0 Å². The van der Waals surface area contributed by atoms with Gasteiger partial charge in [-0.1, -0.05) is 29.4 Å². The lowest BCUT2D eigenvalue weighted by atomic mass is 9.76. The molecule has 5 rings (SSSR count). The lowest BCUT2D eigenvalue weighted by molar-refractivity contribution is 0.0593. The van der Waals surface area contributed by atoms with Gasteiger partial charge in [0.25, 0.3) is 0 Å². The summed E-state index contributed by atoms with van der Waals surface area (Å²) in [5.41, 5.74) is 0.352. The van der Waals surface area contributed by atoms with E-state index in [0.29, 0.717) is 21.7 Å². The number of aliphatic hydroxyl groups excluding tert-OH is 1. The molecule has 198 valence electrons. The number of hydrogen-bond donors (Lipinski definition) is 1. The smallest absolute Gasteiger partial charge is 0.360 e. The minimum absolute atomic E-state index is 0.0115.